The van der Waals surface area contributed by atoms with Gasteiger partial charge in [0.05, 0.1) is 91.4 Å². The average Bonchev–Trinajstić information content (AvgIpc) is 3.71. The molecule has 0 unspecified atom stereocenters. The van der Waals surface area contributed by atoms with Crippen molar-refractivity contribution in [2.75, 3.05) is 97.8 Å². The van der Waals surface area contributed by atoms with Gasteiger partial charge in [0.1, 0.15) is 34.8 Å². The molecule has 4 aromatic rings. The molecule has 18 heteroatoms. The standard InChI is InChI=1S/C44H59ClN6O10S/c1-30-31(2)62-42-39(30)40(33-7-9-34(45)10-8-33)48-37(41-50-49-32(3)51(41)42)29-38(52)47-35-11-13-36(14-12-35)60-28-27-59-26-25-58-24-23-57-22-21-56-20-19-55-18-17-54-16-15-46-43(53)61-44(4,5)6/h7-14,37H,15-29H2,1-6H3,(H,46,53)(H,47,52)/t37-/m0/s1. The maximum atomic E-state index is 13.5. The van der Waals surface area contributed by atoms with Gasteiger partial charge in [-0.15, -0.1) is 21.5 Å². The van der Waals surface area contributed by atoms with Gasteiger partial charge < -0.3 is 48.5 Å². The fourth-order valence-corrected chi connectivity index (χ4v) is 7.45. The number of thiophene rings is 1. The van der Waals surface area contributed by atoms with E-state index in [1.807, 2.05) is 56.5 Å². The smallest absolute Gasteiger partial charge is 0.407 e. The minimum Gasteiger partial charge on any atom is -0.491 e. The van der Waals surface area contributed by atoms with Crippen LogP contribution in [-0.2, 0) is 38.0 Å². The van der Waals surface area contributed by atoms with Crippen LogP contribution in [0.25, 0.3) is 5.00 Å². The van der Waals surface area contributed by atoms with Gasteiger partial charge in [-0.3, -0.25) is 14.4 Å². The van der Waals surface area contributed by atoms with Gasteiger partial charge in [-0.1, -0.05) is 23.7 Å². The summed E-state index contributed by atoms with van der Waals surface area (Å²) in [6.07, 6.45) is -0.391. The monoisotopic (exact) mass is 898 g/mol. The summed E-state index contributed by atoms with van der Waals surface area (Å²) < 4.78 is 46.1. The molecule has 5 rings (SSSR count). The number of carbonyl (C=O) groups excluding carboxylic acids is 2. The number of rotatable bonds is 26. The quantitative estimate of drug-likeness (QED) is 0.0630. The van der Waals surface area contributed by atoms with Gasteiger partial charge in [0.25, 0.3) is 0 Å². The summed E-state index contributed by atoms with van der Waals surface area (Å²) in [5, 5.41) is 16.1. The van der Waals surface area contributed by atoms with Crippen molar-refractivity contribution in [1.29, 1.82) is 0 Å². The zero-order valence-electron chi connectivity index (χ0n) is 36.5. The number of alkyl carbamates (subject to hydrolysis) is 1. The number of nitrogens with one attached hydrogen (secondary N) is 2. The first kappa shape index (κ1) is 48.6. The summed E-state index contributed by atoms with van der Waals surface area (Å²) >= 11 is 7.90. The number of carbonyl (C=O) groups is 2. The Morgan fingerprint density at radius 2 is 1.29 bits per heavy atom. The van der Waals surface area contributed by atoms with Crippen molar-refractivity contribution in [3.63, 3.8) is 0 Å². The largest absolute Gasteiger partial charge is 0.491 e. The minimum atomic E-state index is -0.570. The molecule has 62 heavy (non-hydrogen) atoms. The summed E-state index contributed by atoms with van der Waals surface area (Å²) in [4.78, 5) is 31.4. The lowest BCUT2D eigenvalue weighted by Crippen LogP contribution is -2.34. The Hall–Kier alpha value is -4.46. The molecule has 0 spiro atoms. The molecule has 0 aliphatic carbocycles. The van der Waals surface area contributed by atoms with E-state index in [0.29, 0.717) is 115 Å². The van der Waals surface area contributed by atoms with Gasteiger partial charge in [-0.25, -0.2) is 4.79 Å². The first-order valence-corrected chi connectivity index (χ1v) is 21.9. The number of amides is 2. The molecule has 1 aliphatic rings. The normalized spacial score (nSPS) is 13.5. The van der Waals surface area contributed by atoms with E-state index in [0.717, 1.165) is 33.2 Å². The lowest BCUT2D eigenvalue weighted by Gasteiger charge is -2.19. The molecule has 1 atom stereocenters. The lowest BCUT2D eigenvalue weighted by atomic mass is 9.99. The molecule has 0 saturated heterocycles. The second-order valence-electron chi connectivity index (χ2n) is 15.1. The number of aryl methyl sites for hydroxylation is 2. The van der Waals surface area contributed by atoms with Gasteiger partial charge in [0.2, 0.25) is 5.91 Å². The van der Waals surface area contributed by atoms with Crippen molar-refractivity contribution in [2.45, 2.75) is 59.6 Å². The number of aliphatic imine (C=N–C) groups is 1. The van der Waals surface area contributed by atoms with E-state index in [1.165, 1.54) is 4.88 Å². The molecule has 2 N–H and O–H groups in total. The number of hydrogen-bond donors (Lipinski definition) is 2. The summed E-state index contributed by atoms with van der Waals surface area (Å²) in [6, 6.07) is 14.2. The zero-order valence-corrected chi connectivity index (χ0v) is 38.0. The number of anilines is 1. The van der Waals surface area contributed by atoms with Crippen LogP contribution in [0.3, 0.4) is 0 Å². The molecule has 0 saturated carbocycles. The van der Waals surface area contributed by atoms with Gasteiger partial charge in [-0.2, -0.15) is 0 Å². The molecular formula is C44H59ClN6O10S. The second kappa shape index (κ2) is 25.0. The number of aromatic nitrogens is 3. The number of hydrogen-bond acceptors (Lipinski definition) is 14. The van der Waals surface area contributed by atoms with Crippen LogP contribution < -0.4 is 15.4 Å². The Kier molecular flexibility index (Phi) is 19.6. The molecule has 1 aliphatic heterocycles. The summed E-state index contributed by atoms with van der Waals surface area (Å²) in [7, 11) is 0. The maximum absolute atomic E-state index is 13.5. The van der Waals surface area contributed by atoms with E-state index in [-0.39, 0.29) is 12.3 Å². The number of fused-ring (bicyclic) bond motifs is 3. The van der Waals surface area contributed by atoms with Crippen LogP contribution in [0.2, 0.25) is 5.02 Å². The van der Waals surface area contributed by atoms with E-state index in [4.69, 9.17) is 54.5 Å². The Morgan fingerprint density at radius 3 is 1.85 bits per heavy atom. The second-order valence-corrected chi connectivity index (χ2v) is 16.8. The third kappa shape index (κ3) is 15.7. The molecule has 2 aromatic heterocycles. The first-order chi connectivity index (χ1) is 29.9. The van der Waals surface area contributed by atoms with Crippen molar-refractivity contribution in [1.82, 2.24) is 20.1 Å². The third-order valence-electron chi connectivity index (χ3n) is 9.15. The van der Waals surface area contributed by atoms with E-state index >= 15 is 0 Å². The van der Waals surface area contributed by atoms with Gasteiger partial charge in [0.15, 0.2) is 5.82 Å². The summed E-state index contributed by atoms with van der Waals surface area (Å²) in [5.74, 6) is 1.81. The zero-order chi connectivity index (χ0) is 44.3. The van der Waals surface area contributed by atoms with E-state index < -0.39 is 17.7 Å². The molecule has 2 amide bonds. The van der Waals surface area contributed by atoms with Crippen molar-refractivity contribution >= 4 is 46.3 Å². The summed E-state index contributed by atoms with van der Waals surface area (Å²) in [5.41, 5.74) is 3.97. The SMILES string of the molecule is Cc1sc2c(c1C)C(c1ccc(Cl)cc1)=N[C@@H](CC(=O)Nc1ccc(OCCOCCOCCOCCOCCOCCOCCNC(=O)OC(C)(C)C)cc1)c1nnc(C)n1-2. The van der Waals surface area contributed by atoms with Crippen LogP contribution in [0.4, 0.5) is 10.5 Å². The molecule has 3 heterocycles. The molecule has 2 aromatic carbocycles. The molecular weight excluding hydrogens is 840 g/mol. The average molecular weight is 900 g/mol. The van der Waals surface area contributed by atoms with Crippen molar-refractivity contribution in [3.05, 3.63) is 86.8 Å². The predicted octanol–water partition coefficient (Wildman–Crippen LogP) is 6.83. The van der Waals surface area contributed by atoms with Gasteiger partial charge in [-0.05, 0) is 83.5 Å². The predicted molar refractivity (Wildman–Crippen MR) is 238 cm³/mol. The highest BCUT2D eigenvalue weighted by Gasteiger charge is 2.32. The minimum absolute atomic E-state index is 0.0697. The van der Waals surface area contributed by atoms with E-state index in [9.17, 15) is 9.59 Å². The van der Waals surface area contributed by atoms with Crippen LogP contribution in [0.1, 0.15) is 66.5 Å². The highest BCUT2D eigenvalue weighted by Crippen LogP contribution is 2.39. The first-order valence-electron chi connectivity index (χ1n) is 20.7. The molecule has 338 valence electrons. The lowest BCUT2D eigenvalue weighted by molar-refractivity contribution is -0.116. The Bertz CT molecular complexity index is 2030. The molecule has 16 nitrogen and oxygen atoms in total. The maximum Gasteiger partial charge on any atom is 0.407 e. The van der Waals surface area contributed by atoms with Crippen LogP contribution in [0.5, 0.6) is 5.75 Å². The topological polar surface area (TPSA) is 175 Å². The van der Waals surface area contributed by atoms with E-state index in [1.54, 1.807) is 35.6 Å². The number of ether oxygens (including phenoxy) is 8. The fourth-order valence-electron chi connectivity index (χ4n) is 6.11. The Balaban J connectivity index is 0.889. The van der Waals surface area contributed by atoms with Crippen LogP contribution >= 0.6 is 22.9 Å². The van der Waals surface area contributed by atoms with Crippen LogP contribution in [0, 0.1) is 20.8 Å². The Labute approximate surface area is 372 Å². The number of halogens is 1. The molecule has 0 bridgehead atoms. The van der Waals surface area contributed by atoms with Crippen molar-refractivity contribution in [2.24, 2.45) is 4.99 Å². The van der Waals surface area contributed by atoms with Crippen molar-refractivity contribution < 1.29 is 47.5 Å². The Morgan fingerprint density at radius 1 is 0.742 bits per heavy atom. The van der Waals surface area contributed by atoms with Gasteiger partial charge in [0, 0.05) is 33.3 Å². The molecule has 0 radical (unpaired) electrons. The molecule has 0 fully saturated rings. The van der Waals surface area contributed by atoms with Crippen LogP contribution in [-0.4, -0.2) is 131 Å². The highest BCUT2D eigenvalue weighted by molar-refractivity contribution is 7.15. The summed E-state index contributed by atoms with van der Waals surface area (Å²) in [6.45, 7) is 17.5. The van der Waals surface area contributed by atoms with Crippen molar-refractivity contribution in [3.8, 4) is 10.8 Å². The number of nitrogens with zero attached hydrogens (tertiary/aromatic N) is 4. The van der Waals surface area contributed by atoms with Crippen LogP contribution in [0.15, 0.2) is 53.5 Å². The fraction of sp³-hybridized carbons (Fsp3) is 0.523. The number of benzene rings is 2. The highest BCUT2D eigenvalue weighted by atomic mass is 35.5. The van der Waals surface area contributed by atoms with Gasteiger partial charge >= 0.3 is 6.09 Å². The van der Waals surface area contributed by atoms with E-state index in [2.05, 4.69) is 34.7 Å². The third-order valence-corrected chi connectivity index (χ3v) is 10.6.